The highest BCUT2D eigenvalue weighted by atomic mass is 16.2. The summed E-state index contributed by atoms with van der Waals surface area (Å²) in [7, 11) is 0. The fraction of sp³-hybridized carbons (Fsp3) is 0.625. The molecular formula is C24H31N3O3. The number of benzene rings is 1. The topological polar surface area (TPSA) is 78.5 Å². The Balaban J connectivity index is 1.18. The second-order valence-corrected chi connectivity index (χ2v) is 10.1. The van der Waals surface area contributed by atoms with Gasteiger partial charge in [-0.3, -0.25) is 24.6 Å². The molecule has 2 N–H and O–H groups in total. The van der Waals surface area contributed by atoms with Gasteiger partial charge in [0.1, 0.15) is 0 Å². The lowest BCUT2D eigenvalue weighted by atomic mass is 9.53. The van der Waals surface area contributed by atoms with E-state index in [0.717, 1.165) is 43.4 Å². The first-order valence-electron chi connectivity index (χ1n) is 11.4. The Morgan fingerprint density at radius 2 is 1.60 bits per heavy atom. The minimum absolute atomic E-state index is 0.00735. The van der Waals surface area contributed by atoms with Crippen molar-refractivity contribution in [2.45, 2.75) is 62.9 Å². The quantitative estimate of drug-likeness (QED) is 0.733. The molecule has 30 heavy (non-hydrogen) atoms. The van der Waals surface area contributed by atoms with Gasteiger partial charge in [-0.2, -0.15) is 0 Å². The summed E-state index contributed by atoms with van der Waals surface area (Å²) in [4.78, 5) is 39.9. The summed E-state index contributed by atoms with van der Waals surface area (Å²) in [5.41, 5.74) is 0.460. The maximum Gasteiger partial charge on any atom is 0.257 e. The fourth-order valence-electron chi connectivity index (χ4n) is 6.95. The van der Waals surface area contributed by atoms with Crippen LogP contribution in [0, 0.1) is 17.8 Å². The molecule has 1 heterocycles. The van der Waals surface area contributed by atoms with Crippen LogP contribution in [0.25, 0.3) is 0 Å². The molecule has 5 fully saturated rings. The number of amides is 3. The standard InChI is InChI=1S/C24H31N3O3/c28-21(26-24-12-16-9-17(13-24)11-18(10-16)14-24)15-27-8-4-7-20(27)23(30)25-22(29)19-5-2-1-3-6-19/h1-3,5-6,16-18,20H,4,7-15H2,(H,26,28)(H,25,29,30)/t16?,17?,18?,20-,24?/m0/s1. The van der Waals surface area contributed by atoms with Crippen LogP contribution in [0.2, 0.25) is 0 Å². The second kappa shape index (κ2) is 7.80. The predicted octanol–water partition coefficient (Wildman–Crippen LogP) is 2.49. The number of carbonyl (C=O) groups excluding carboxylic acids is 3. The molecule has 0 unspecified atom stereocenters. The molecule has 4 bridgehead atoms. The van der Waals surface area contributed by atoms with Gasteiger partial charge in [0.15, 0.2) is 0 Å². The number of imide groups is 1. The van der Waals surface area contributed by atoms with E-state index < -0.39 is 6.04 Å². The Bertz CT molecular complexity index is 802. The van der Waals surface area contributed by atoms with Crippen LogP contribution in [0.5, 0.6) is 0 Å². The maximum atomic E-state index is 12.9. The SMILES string of the molecule is O=C(CN1CCC[C@H]1C(=O)NC(=O)c1ccccc1)NC12CC3CC(CC(C3)C1)C2. The summed E-state index contributed by atoms with van der Waals surface area (Å²) < 4.78 is 0. The number of hydrogen-bond donors (Lipinski definition) is 2. The number of nitrogens with zero attached hydrogens (tertiary/aromatic N) is 1. The zero-order valence-corrected chi connectivity index (χ0v) is 17.4. The summed E-state index contributed by atoms with van der Waals surface area (Å²) in [5.74, 6) is 1.70. The summed E-state index contributed by atoms with van der Waals surface area (Å²) in [5, 5.41) is 5.92. The number of rotatable bonds is 5. The van der Waals surface area contributed by atoms with Crippen LogP contribution in [0.15, 0.2) is 30.3 Å². The molecular weight excluding hydrogens is 378 g/mol. The average molecular weight is 410 g/mol. The van der Waals surface area contributed by atoms with E-state index in [1.54, 1.807) is 24.3 Å². The number of nitrogens with one attached hydrogen (secondary N) is 2. The summed E-state index contributed by atoms with van der Waals surface area (Å²) in [6.07, 6.45) is 8.96. The Morgan fingerprint density at radius 3 is 2.23 bits per heavy atom. The number of carbonyl (C=O) groups is 3. The molecule has 0 spiro atoms. The average Bonchev–Trinajstić information content (AvgIpc) is 3.15. The molecule has 6 heteroatoms. The third-order valence-corrected chi connectivity index (χ3v) is 7.73. The molecule has 4 aliphatic carbocycles. The summed E-state index contributed by atoms with van der Waals surface area (Å²) in [6.45, 7) is 0.950. The van der Waals surface area contributed by atoms with Crippen molar-refractivity contribution >= 4 is 17.7 Å². The highest BCUT2D eigenvalue weighted by Gasteiger charge is 2.51. The normalized spacial score (nSPS) is 34.7. The van der Waals surface area contributed by atoms with Crippen LogP contribution in [-0.2, 0) is 9.59 Å². The van der Waals surface area contributed by atoms with Crippen LogP contribution < -0.4 is 10.6 Å². The van der Waals surface area contributed by atoms with Crippen molar-refractivity contribution in [3.8, 4) is 0 Å². The molecule has 1 atom stereocenters. The highest BCUT2D eigenvalue weighted by Crippen LogP contribution is 2.55. The van der Waals surface area contributed by atoms with Gasteiger partial charge >= 0.3 is 0 Å². The van der Waals surface area contributed by atoms with Crippen LogP contribution >= 0.6 is 0 Å². The monoisotopic (exact) mass is 409 g/mol. The van der Waals surface area contributed by atoms with Gasteiger partial charge in [-0.1, -0.05) is 18.2 Å². The molecule has 4 saturated carbocycles. The lowest BCUT2D eigenvalue weighted by molar-refractivity contribution is -0.130. The van der Waals surface area contributed by atoms with E-state index in [1.807, 2.05) is 11.0 Å². The van der Waals surface area contributed by atoms with E-state index in [4.69, 9.17) is 0 Å². The van der Waals surface area contributed by atoms with Crippen LogP contribution in [0.1, 0.15) is 61.7 Å². The van der Waals surface area contributed by atoms with Crippen molar-refractivity contribution in [2.75, 3.05) is 13.1 Å². The smallest absolute Gasteiger partial charge is 0.257 e. The van der Waals surface area contributed by atoms with Gasteiger partial charge in [-0.15, -0.1) is 0 Å². The molecule has 1 saturated heterocycles. The molecule has 6 rings (SSSR count). The highest BCUT2D eigenvalue weighted by molar-refractivity contribution is 6.06. The fourth-order valence-corrected chi connectivity index (χ4v) is 6.95. The maximum absolute atomic E-state index is 12.9. The molecule has 6 nitrogen and oxygen atoms in total. The third kappa shape index (κ3) is 3.89. The largest absolute Gasteiger partial charge is 0.350 e. The van der Waals surface area contributed by atoms with Crippen molar-refractivity contribution in [3.63, 3.8) is 0 Å². The van der Waals surface area contributed by atoms with Gasteiger partial charge in [-0.05, 0) is 87.8 Å². The van der Waals surface area contributed by atoms with E-state index >= 15 is 0 Å². The first kappa shape index (κ1) is 19.7. The van der Waals surface area contributed by atoms with Crippen LogP contribution in [-0.4, -0.2) is 47.3 Å². The van der Waals surface area contributed by atoms with Crippen molar-refractivity contribution < 1.29 is 14.4 Å². The second-order valence-electron chi connectivity index (χ2n) is 10.1. The van der Waals surface area contributed by atoms with E-state index in [0.29, 0.717) is 18.5 Å². The zero-order valence-electron chi connectivity index (χ0n) is 17.4. The van der Waals surface area contributed by atoms with E-state index in [-0.39, 0.29) is 29.8 Å². The lowest BCUT2D eigenvalue weighted by Gasteiger charge is -2.57. The molecule has 3 amide bonds. The number of hydrogen-bond acceptors (Lipinski definition) is 4. The van der Waals surface area contributed by atoms with Gasteiger partial charge < -0.3 is 5.32 Å². The Morgan fingerprint density at radius 1 is 0.967 bits per heavy atom. The van der Waals surface area contributed by atoms with Crippen molar-refractivity contribution in [2.24, 2.45) is 17.8 Å². The van der Waals surface area contributed by atoms with E-state index in [9.17, 15) is 14.4 Å². The molecule has 1 aromatic carbocycles. The van der Waals surface area contributed by atoms with Gasteiger partial charge in [0.25, 0.3) is 5.91 Å². The Kier molecular flexibility index (Phi) is 5.13. The van der Waals surface area contributed by atoms with Crippen molar-refractivity contribution in [3.05, 3.63) is 35.9 Å². The molecule has 1 aromatic rings. The zero-order chi connectivity index (χ0) is 20.7. The molecule has 5 aliphatic rings. The Labute approximate surface area is 177 Å². The van der Waals surface area contributed by atoms with Crippen molar-refractivity contribution in [1.29, 1.82) is 0 Å². The van der Waals surface area contributed by atoms with Gasteiger partial charge in [0, 0.05) is 11.1 Å². The Hall–Kier alpha value is -2.21. The summed E-state index contributed by atoms with van der Waals surface area (Å²) >= 11 is 0. The van der Waals surface area contributed by atoms with Gasteiger partial charge in [0.2, 0.25) is 11.8 Å². The minimum atomic E-state index is -0.417. The van der Waals surface area contributed by atoms with Gasteiger partial charge in [-0.25, -0.2) is 0 Å². The molecule has 1 aliphatic heterocycles. The summed E-state index contributed by atoms with van der Waals surface area (Å²) in [6, 6.07) is 8.34. The molecule has 160 valence electrons. The van der Waals surface area contributed by atoms with Crippen LogP contribution in [0.4, 0.5) is 0 Å². The van der Waals surface area contributed by atoms with Crippen LogP contribution in [0.3, 0.4) is 0 Å². The van der Waals surface area contributed by atoms with E-state index in [2.05, 4.69) is 10.6 Å². The van der Waals surface area contributed by atoms with Crippen molar-refractivity contribution in [1.82, 2.24) is 15.5 Å². The first-order valence-corrected chi connectivity index (χ1v) is 11.4. The first-order chi connectivity index (χ1) is 14.5. The molecule has 0 aromatic heterocycles. The number of likely N-dealkylation sites (tertiary alicyclic amines) is 1. The predicted molar refractivity (Wildman–Crippen MR) is 113 cm³/mol. The minimum Gasteiger partial charge on any atom is -0.350 e. The lowest BCUT2D eigenvalue weighted by Crippen LogP contribution is -2.61. The van der Waals surface area contributed by atoms with Gasteiger partial charge in [0.05, 0.1) is 12.6 Å². The van der Waals surface area contributed by atoms with E-state index in [1.165, 1.54) is 19.3 Å². The third-order valence-electron chi connectivity index (χ3n) is 7.73. The molecule has 0 radical (unpaired) electrons.